The lowest BCUT2D eigenvalue weighted by Crippen LogP contribution is -2.42. The summed E-state index contributed by atoms with van der Waals surface area (Å²) in [4.78, 5) is 5.80. The van der Waals surface area contributed by atoms with E-state index in [1.165, 1.54) is 4.90 Å². The first-order chi connectivity index (χ1) is 15.0. The topological polar surface area (TPSA) is 57.2 Å². The second-order valence-electron chi connectivity index (χ2n) is 7.65. The van der Waals surface area contributed by atoms with Gasteiger partial charge in [-0.3, -0.25) is 4.65 Å². The molecule has 2 aliphatic heterocycles. The molecule has 0 saturated carbocycles. The molecule has 1 N–H and O–H groups in total. The van der Waals surface area contributed by atoms with Crippen LogP contribution in [0.1, 0.15) is 25.0 Å². The van der Waals surface area contributed by atoms with E-state index in [0.29, 0.717) is 34.4 Å². The maximum atomic E-state index is 14.4. The van der Waals surface area contributed by atoms with Crippen LogP contribution in [0.4, 0.5) is 17.2 Å². The quantitative estimate of drug-likeness (QED) is 0.353. The van der Waals surface area contributed by atoms with Crippen LogP contribution in [0, 0.1) is 5.21 Å². The zero-order chi connectivity index (χ0) is 21.6. The predicted molar refractivity (Wildman–Crippen MR) is 130 cm³/mol. The van der Waals surface area contributed by atoms with Crippen molar-refractivity contribution in [2.75, 3.05) is 18.5 Å². The number of quaternary nitrogens is 1. The SMILES string of the molecule is CCOc1ccc2c(n1)[N+]([O-])(c1ccc(Cl)cc1)CC(c1ccc3c(c1)SC(C)N3)=C2. The fourth-order valence-electron chi connectivity index (χ4n) is 4.07. The van der Waals surface area contributed by atoms with Crippen molar-refractivity contribution in [1.82, 2.24) is 9.63 Å². The molecule has 2 unspecified atom stereocenters. The molecule has 7 heteroatoms. The minimum absolute atomic E-state index is 0.240. The third kappa shape index (κ3) is 3.70. The summed E-state index contributed by atoms with van der Waals surface area (Å²) in [7, 11) is 0. The highest BCUT2D eigenvalue weighted by atomic mass is 35.5. The van der Waals surface area contributed by atoms with Crippen LogP contribution >= 0.6 is 23.4 Å². The van der Waals surface area contributed by atoms with Crippen molar-refractivity contribution in [2.45, 2.75) is 24.1 Å². The number of nitrogens with one attached hydrogen (secondary N) is 1. The number of hydrogen-bond acceptors (Lipinski definition) is 5. The Labute approximate surface area is 190 Å². The molecular weight excluding hydrogens is 430 g/mol. The largest absolute Gasteiger partial charge is 0.620 e. The van der Waals surface area contributed by atoms with Crippen molar-refractivity contribution in [3.63, 3.8) is 0 Å². The van der Waals surface area contributed by atoms with Gasteiger partial charge in [0.1, 0.15) is 12.2 Å². The Morgan fingerprint density at radius 3 is 2.77 bits per heavy atom. The summed E-state index contributed by atoms with van der Waals surface area (Å²) in [5, 5.41) is 18.8. The lowest BCUT2D eigenvalue weighted by atomic mass is 9.97. The molecule has 5 nitrogen and oxygen atoms in total. The van der Waals surface area contributed by atoms with Gasteiger partial charge in [-0.15, -0.1) is 0 Å². The van der Waals surface area contributed by atoms with E-state index in [0.717, 1.165) is 22.4 Å². The summed E-state index contributed by atoms with van der Waals surface area (Å²) >= 11 is 7.88. The fourth-order valence-corrected chi connectivity index (χ4v) is 5.21. The molecule has 3 heterocycles. The van der Waals surface area contributed by atoms with E-state index in [9.17, 15) is 5.21 Å². The molecule has 0 aliphatic carbocycles. The standard InChI is InChI=1S/C24H22ClN3O2S/c1-3-30-23-11-5-17-12-18(16-4-10-21-22(13-16)31-15(2)26-21)14-28(29,24(17)27-23)20-8-6-19(25)7-9-20/h4-13,15,26H,3,14H2,1-2H3. The number of anilines is 1. The minimum Gasteiger partial charge on any atom is -0.620 e. The molecule has 158 valence electrons. The first kappa shape index (κ1) is 20.4. The molecule has 2 aliphatic rings. The van der Waals surface area contributed by atoms with Crippen molar-refractivity contribution >= 4 is 52.2 Å². The molecule has 0 bridgehead atoms. The number of aromatic nitrogens is 1. The Hall–Kier alpha value is -2.51. The Morgan fingerprint density at radius 2 is 2.00 bits per heavy atom. The molecule has 5 rings (SSSR count). The Balaban J connectivity index is 1.64. The van der Waals surface area contributed by atoms with Crippen LogP contribution in [-0.4, -0.2) is 23.5 Å². The third-order valence-corrected chi connectivity index (χ3v) is 6.81. The summed E-state index contributed by atoms with van der Waals surface area (Å²) in [6, 6.07) is 17.1. The lowest BCUT2D eigenvalue weighted by Gasteiger charge is -2.43. The van der Waals surface area contributed by atoms with E-state index in [-0.39, 0.29) is 6.54 Å². The first-order valence-corrected chi connectivity index (χ1v) is 11.5. The van der Waals surface area contributed by atoms with E-state index >= 15 is 0 Å². The van der Waals surface area contributed by atoms with Crippen molar-refractivity contribution in [1.29, 1.82) is 0 Å². The fraction of sp³-hybridized carbons (Fsp3) is 0.208. The number of thioether (sulfide) groups is 1. The van der Waals surface area contributed by atoms with Gasteiger partial charge in [-0.05, 0) is 55.8 Å². The number of hydroxylamine groups is 1. The van der Waals surface area contributed by atoms with Gasteiger partial charge in [0.2, 0.25) is 11.7 Å². The predicted octanol–water partition coefficient (Wildman–Crippen LogP) is 6.69. The zero-order valence-electron chi connectivity index (χ0n) is 17.3. The summed E-state index contributed by atoms with van der Waals surface area (Å²) < 4.78 is 4.88. The number of pyridine rings is 1. The van der Waals surface area contributed by atoms with Gasteiger partial charge < -0.3 is 15.3 Å². The second-order valence-corrected chi connectivity index (χ2v) is 9.47. The molecule has 3 aromatic rings. The lowest BCUT2D eigenvalue weighted by molar-refractivity contribution is 0.325. The summed E-state index contributed by atoms with van der Waals surface area (Å²) in [5.74, 6) is 0.891. The number of halogens is 1. The van der Waals surface area contributed by atoms with Crippen LogP contribution in [0.3, 0.4) is 0 Å². The molecule has 0 spiro atoms. The molecule has 0 fully saturated rings. The molecule has 0 amide bonds. The first-order valence-electron chi connectivity index (χ1n) is 10.2. The van der Waals surface area contributed by atoms with E-state index in [1.807, 2.05) is 19.1 Å². The van der Waals surface area contributed by atoms with Crippen molar-refractivity contribution < 1.29 is 4.74 Å². The van der Waals surface area contributed by atoms with Crippen LogP contribution in [0.2, 0.25) is 5.02 Å². The highest BCUT2D eigenvalue weighted by molar-refractivity contribution is 8.00. The van der Waals surface area contributed by atoms with E-state index in [2.05, 4.69) is 41.5 Å². The maximum absolute atomic E-state index is 14.4. The van der Waals surface area contributed by atoms with Gasteiger partial charge in [-0.25, -0.2) is 0 Å². The van der Waals surface area contributed by atoms with Gasteiger partial charge in [0, 0.05) is 39.4 Å². The molecule has 1 aromatic heterocycles. The van der Waals surface area contributed by atoms with Gasteiger partial charge in [-0.2, -0.15) is 4.98 Å². The average Bonchev–Trinajstić information content (AvgIpc) is 3.14. The number of fused-ring (bicyclic) bond motifs is 2. The number of hydrogen-bond donors (Lipinski definition) is 1. The van der Waals surface area contributed by atoms with Crippen LogP contribution < -0.4 is 14.7 Å². The second kappa shape index (κ2) is 7.88. The Kier molecular flexibility index (Phi) is 5.18. The normalized spacial score (nSPS) is 21.7. The van der Waals surface area contributed by atoms with Gasteiger partial charge in [0.25, 0.3) is 0 Å². The van der Waals surface area contributed by atoms with Gasteiger partial charge in [0.15, 0.2) is 0 Å². The molecule has 0 saturated heterocycles. The number of ether oxygens (including phenoxy) is 1. The smallest absolute Gasteiger partial charge is 0.243 e. The maximum Gasteiger partial charge on any atom is 0.243 e. The van der Waals surface area contributed by atoms with Gasteiger partial charge in [-0.1, -0.05) is 29.4 Å². The highest BCUT2D eigenvalue weighted by Gasteiger charge is 2.34. The Morgan fingerprint density at radius 1 is 1.19 bits per heavy atom. The van der Waals surface area contributed by atoms with Crippen molar-refractivity contribution in [2.24, 2.45) is 0 Å². The van der Waals surface area contributed by atoms with E-state index in [1.54, 1.807) is 36.0 Å². The molecule has 31 heavy (non-hydrogen) atoms. The summed E-state index contributed by atoms with van der Waals surface area (Å²) in [6.07, 6.45) is 2.07. The Bertz CT molecular complexity index is 1180. The summed E-state index contributed by atoms with van der Waals surface area (Å²) in [5.41, 5.74) is 4.56. The highest BCUT2D eigenvalue weighted by Crippen LogP contribution is 2.45. The number of nitrogens with zero attached hydrogens (tertiary/aromatic N) is 2. The molecular formula is C24H22ClN3O2S. The molecule has 2 aromatic carbocycles. The van der Waals surface area contributed by atoms with E-state index in [4.69, 9.17) is 16.3 Å². The van der Waals surface area contributed by atoms with Gasteiger partial charge in [0.05, 0.1) is 17.5 Å². The van der Waals surface area contributed by atoms with Crippen molar-refractivity contribution in [3.05, 3.63) is 76.0 Å². The van der Waals surface area contributed by atoms with Gasteiger partial charge >= 0.3 is 0 Å². The number of benzene rings is 2. The summed E-state index contributed by atoms with van der Waals surface area (Å²) in [6.45, 7) is 4.77. The molecule has 2 atom stereocenters. The minimum atomic E-state index is -0.696. The van der Waals surface area contributed by atoms with Crippen LogP contribution in [0.15, 0.2) is 59.5 Å². The van der Waals surface area contributed by atoms with Crippen LogP contribution in [0.5, 0.6) is 5.88 Å². The monoisotopic (exact) mass is 451 g/mol. The van der Waals surface area contributed by atoms with Crippen LogP contribution in [-0.2, 0) is 0 Å². The van der Waals surface area contributed by atoms with Crippen LogP contribution in [0.25, 0.3) is 11.6 Å². The third-order valence-electron chi connectivity index (χ3n) is 5.50. The van der Waals surface area contributed by atoms with Crippen molar-refractivity contribution in [3.8, 4) is 5.88 Å². The molecule has 0 radical (unpaired) electrons. The average molecular weight is 452 g/mol. The van der Waals surface area contributed by atoms with E-state index < -0.39 is 4.65 Å². The zero-order valence-corrected chi connectivity index (χ0v) is 18.8. The number of rotatable bonds is 4.